The molecular formula is C18H21N3O5. The maximum Gasteiger partial charge on any atom is 0.335 e. The summed E-state index contributed by atoms with van der Waals surface area (Å²) in [5, 5.41) is 23.4. The van der Waals surface area contributed by atoms with E-state index in [9.17, 15) is 14.7 Å². The number of carbonyl (C=O) groups is 2. The molecule has 1 amide bonds. The number of amides is 1. The van der Waals surface area contributed by atoms with Crippen LogP contribution < -0.4 is 4.74 Å². The summed E-state index contributed by atoms with van der Waals surface area (Å²) in [6.07, 6.45) is 0.0124. The van der Waals surface area contributed by atoms with Gasteiger partial charge < -0.3 is 19.8 Å². The molecule has 0 bridgehead atoms. The SMILES string of the molecule is COc1ccc(-n2nc(C(=O)N3CCC(O)(C(=O)O)CC3)cc2C)cc1. The number of ether oxygens (including phenoxy) is 1. The van der Waals surface area contributed by atoms with Gasteiger partial charge in [0.05, 0.1) is 12.8 Å². The zero-order chi connectivity index (χ0) is 18.9. The monoisotopic (exact) mass is 359 g/mol. The second-order valence-electron chi connectivity index (χ2n) is 6.41. The quantitative estimate of drug-likeness (QED) is 0.851. The van der Waals surface area contributed by atoms with E-state index in [1.165, 1.54) is 4.90 Å². The number of aryl methyl sites for hydroxylation is 1. The maximum absolute atomic E-state index is 12.7. The lowest BCUT2D eigenvalue weighted by atomic mass is 9.91. The molecule has 8 heteroatoms. The number of hydrogen-bond acceptors (Lipinski definition) is 5. The van der Waals surface area contributed by atoms with Gasteiger partial charge in [-0.2, -0.15) is 5.10 Å². The van der Waals surface area contributed by atoms with Crippen LogP contribution in [0.25, 0.3) is 5.69 Å². The second kappa shape index (κ2) is 6.80. The van der Waals surface area contributed by atoms with Crippen molar-refractivity contribution < 1.29 is 24.5 Å². The summed E-state index contributed by atoms with van der Waals surface area (Å²) in [5.74, 6) is -0.786. The first-order chi connectivity index (χ1) is 12.3. The van der Waals surface area contributed by atoms with E-state index in [-0.39, 0.29) is 31.8 Å². The van der Waals surface area contributed by atoms with Gasteiger partial charge in [-0.3, -0.25) is 4.79 Å². The minimum atomic E-state index is -1.75. The number of hydrogen-bond donors (Lipinski definition) is 2. The molecule has 2 N–H and O–H groups in total. The van der Waals surface area contributed by atoms with Crippen LogP contribution in [0.4, 0.5) is 0 Å². The predicted molar refractivity (Wildman–Crippen MR) is 92.6 cm³/mol. The van der Waals surface area contributed by atoms with Gasteiger partial charge in [-0.15, -0.1) is 0 Å². The Hall–Kier alpha value is -2.87. The molecule has 1 aliphatic rings. The molecule has 0 saturated carbocycles. The van der Waals surface area contributed by atoms with E-state index in [0.29, 0.717) is 5.69 Å². The molecule has 8 nitrogen and oxygen atoms in total. The molecule has 0 atom stereocenters. The van der Waals surface area contributed by atoms with Crippen molar-refractivity contribution in [2.24, 2.45) is 0 Å². The average Bonchev–Trinajstić information content (AvgIpc) is 3.03. The van der Waals surface area contributed by atoms with Crippen LogP contribution in [0.2, 0.25) is 0 Å². The molecule has 1 aromatic carbocycles. The number of benzene rings is 1. The molecule has 0 spiro atoms. The smallest absolute Gasteiger partial charge is 0.335 e. The summed E-state index contributed by atoms with van der Waals surface area (Å²) in [7, 11) is 1.59. The number of carbonyl (C=O) groups excluding carboxylic acids is 1. The average molecular weight is 359 g/mol. The minimum absolute atomic E-state index is 0.00619. The van der Waals surface area contributed by atoms with E-state index < -0.39 is 11.6 Å². The first-order valence-corrected chi connectivity index (χ1v) is 8.30. The number of aromatic nitrogens is 2. The van der Waals surface area contributed by atoms with E-state index in [1.807, 2.05) is 31.2 Å². The van der Waals surface area contributed by atoms with Gasteiger partial charge in [0, 0.05) is 31.6 Å². The third-order valence-corrected chi connectivity index (χ3v) is 4.70. The van der Waals surface area contributed by atoms with Crippen LogP contribution in [-0.2, 0) is 4.79 Å². The van der Waals surface area contributed by atoms with Gasteiger partial charge in [-0.25, -0.2) is 9.48 Å². The van der Waals surface area contributed by atoms with E-state index in [0.717, 1.165) is 17.1 Å². The Balaban J connectivity index is 1.76. The van der Waals surface area contributed by atoms with Gasteiger partial charge in [0.25, 0.3) is 5.91 Å². The van der Waals surface area contributed by atoms with E-state index in [1.54, 1.807) is 17.9 Å². The van der Waals surface area contributed by atoms with E-state index in [4.69, 9.17) is 9.84 Å². The molecule has 3 rings (SSSR count). The summed E-state index contributed by atoms with van der Waals surface area (Å²) < 4.78 is 6.81. The number of carboxylic acid groups (broad SMARTS) is 1. The van der Waals surface area contributed by atoms with Crippen LogP contribution in [0.5, 0.6) is 5.75 Å². The van der Waals surface area contributed by atoms with Crippen molar-refractivity contribution in [1.82, 2.24) is 14.7 Å². The minimum Gasteiger partial charge on any atom is -0.497 e. The summed E-state index contributed by atoms with van der Waals surface area (Å²) in [5.41, 5.74) is 0.146. The number of piperidine rings is 1. The first-order valence-electron chi connectivity index (χ1n) is 8.30. The molecule has 1 fully saturated rings. The number of aliphatic carboxylic acids is 1. The molecule has 2 heterocycles. The highest BCUT2D eigenvalue weighted by molar-refractivity contribution is 5.92. The lowest BCUT2D eigenvalue weighted by molar-refractivity contribution is -0.162. The zero-order valence-electron chi connectivity index (χ0n) is 14.7. The third kappa shape index (κ3) is 3.28. The van der Waals surface area contributed by atoms with Crippen molar-refractivity contribution in [1.29, 1.82) is 0 Å². The van der Waals surface area contributed by atoms with Crippen LogP contribution in [-0.4, -0.2) is 62.6 Å². The highest BCUT2D eigenvalue weighted by Gasteiger charge is 2.40. The summed E-state index contributed by atoms with van der Waals surface area (Å²) in [6.45, 7) is 2.21. The molecule has 1 saturated heterocycles. The number of carboxylic acids is 1. The normalized spacial score (nSPS) is 16.3. The molecule has 1 aromatic heterocycles. The lowest BCUT2D eigenvalue weighted by Gasteiger charge is -2.34. The molecule has 0 radical (unpaired) electrons. The van der Waals surface area contributed by atoms with Gasteiger partial charge in [0.2, 0.25) is 0 Å². The lowest BCUT2D eigenvalue weighted by Crippen LogP contribution is -2.50. The van der Waals surface area contributed by atoms with Crippen LogP contribution in [0.1, 0.15) is 29.0 Å². The molecule has 138 valence electrons. The van der Waals surface area contributed by atoms with Gasteiger partial charge in [0.15, 0.2) is 11.3 Å². The number of rotatable bonds is 4. The van der Waals surface area contributed by atoms with Gasteiger partial charge in [0.1, 0.15) is 5.75 Å². The summed E-state index contributed by atoms with van der Waals surface area (Å²) in [4.78, 5) is 25.3. The fraction of sp³-hybridized carbons (Fsp3) is 0.389. The van der Waals surface area contributed by atoms with Gasteiger partial charge in [-0.1, -0.05) is 0 Å². The number of methoxy groups -OCH3 is 1. The van der Waals surface area contributed by atoms with Crippen LogP contribution >= 0.6 is 0 Å². The second-order valence-corrected chi connectivity index (χ2v) is 6.41. The van der Waals surface area contributed by atoms with Crippen LogP contribution in [0.3, 0.4) is 0 Å². The number of nitrogens with zero attached hydrogens (tertiary/aromatic N) is 3. The van der Waals surface area contributed by atoms with Crippen LogP contribution in [0.15, 0.2) is 30.3 Å². The van der Waals surface area contributed by atoms with Crippen molar-refractivity contribution in [2.45, 2.75) is 25.4 Å². The topological polar surface area (TPSA) is 105 Å². The van der Waals surface area contributed by atoms with Gasteiger partial charge >= 0.3 is 5.97 Å². The molecule has 2 aromatic rings. The van der Waals surface area contributed by atoms with E-state index >= 15 is 0 Å². The molecule has 26 heavy (non-hydrogen) atoms. The Morgan fingerprint density at radius 1 is 1.19 bits per heavy atom. The predicted octanol–water partition coefficient (Wildman–Crippen LogP) is 1.24. The molecule has 1 aliphatic heterocycles. The van der Waals surface area contributed by atoms with Gasteiger partial charge in [-0.05, 0) is 37.3 Å². The highest BCUT2D eigenvalue weighted by atomic mass is 16.5. The maximum atomic E-state index is 12.7. The molecular weight excluding hydrogens is 338 g/mol. The fourth-order valence-electron chi connectivity index (χ4n) is 3.02. The largest absolute Gasteiger partial charge is 0.497 e. The Labute approximate surface area is 150 Å². The first kappa shape index (κ1) is 17.9. The molecule has 0 unspecified atom stereocenters. The van der Waals surface area contributed by atoms with Crippen molar-refractivity contribution in [3.05, 3.63) is 41.7 Å². The van der Waals surface area contributed by atoms with Crippen molar-refractivity contribution in [3.63, 3.8) is 0 Å². The Kier molecular flexibility index (Phi) is 4.69. The zero-order valence-corrected chi connectivity index (χ0v) is 14.7. The number of likely N-dealkylation sites (tertiary alicyclic amines) is 1. The third-order valence-electron chi connectivity index (χ3n) is 4.70. The Morgan fingerprint density at radius 3 is 2.35 bits per heavy atom. The summed E-state index contributed by atoms with van der Waals surface area (Å²) >= 11 is 0. The number of aliphatic hydroxyl groups is 1. The Morgan fingerprint density at radius 2 is 1.81 bits per heavy atom. The Bertz CT molecular complexity index is 820. The van der Waals surface area contributed by atoms with E-state index in [2.05, 4.69) is 5.10 Å². The standard InChI is InChI=1S/C18H21N3O5/c1-12-11-15(19-21(12)13-3-5-14(26-2)6-4-13)16(22)20-9-7-18(25,8-10-20)17(23)24/h3-6,11,25H,7-10H2,1-2H3,(H,23,24). The van der Waals surface area contributed by atoms with Crippen LogP contribution in [0, 0.1) is 6.92 Å². The van der Waals surface area contributed by atoms with Crippen molar-refractivity contribution in [3.8, 4) is 11.4 Å². The van der Waals surface area contributed by atoms with Crippen molar-refractivity contribution in [2.75, 3.05) is 20.2 Å². The molecule has 0 aliphatic carbocycles. The summed E-state index contributed by atoms with van der Waals surface area (Å²) in [6, 6.07) is 9.02. The fourth-order valence-corrected chi connectivity index (χ4v) is 3.02. The highest BCUT2D eigenvalue weighted by Crippen LogP contribution is 2.24. The van der Waals surface area contributed by atoms with Crippen molar-refractivity contribution >= 4 is 11.9 Å².